The maximum atomic E-state index is 14.2. The van der Waals surface area contributed by atoms with Gasteiger partial charge in [0.2, 0.25) is 0 Å². The summed E-state index contributed by atoms with van der Waals surface area (Å²) in [5.41, 5.74) is 2.83. The summed E-state index contributed by atoms with van der Waals surface area (Å²) in [4.78, 5) is 16.1. The summed E-state index contributed by atoms with van der Waals surface area (Å²) in [5, 5.41) is 8.07. The quantitative estimate of drug-likeness (QED) is 0.882. The summed E-state index contributed by atoms with van der Waals surface area (Å²) in [6, 6.07) is 6.71. The molecule has 2 aliphatic rings. The predicted octanol–water partition coefficient (Wildman–Crippen LogP) is 3.48. The summed E-state index contributed by atoms with van der Waals surface area (Å²) in [6.45, 7) is 0.259. The van der Waals surface area contributed by atoms with Crippen molar-refractivity contribution in [2.75, 3.05) is 5.32 Å². The van der Waals surface area contributed by atoms with Crippen LogP contribution in [0.5, 0.6) is 0 Å². The molecule has 2 aromatic rings. The maximum absolute atomic E-state index is 14.2. The van der Waals surface area contributed by atoms with E-state index in [2.05, 4.69) is 15.4 Å². The number of benzene rings is 1. The molecule has 116 valence electrons. The number of hydrogen-bond donors (Lipinski definition) is 1. The van der Waals surface area contributed by atoms with E-state index in [1.54, 1.807) is 24.7 Å². The molecule has 23 heavy (non-hydrogen) atoms. The number of hydrogen-bond acceptors (Lipinski definition) is 3. The lowest BCUT2D eigenvalue weighted by Gasteiger charge is -2.26. The van der Waals surface area contributed by atoms with Gasteiger partial charge in [0.1, 0.15) is 5.82 Å². The van der Waals surface area contributed by atoms with Gasteiger partial charge in [-0.05, 0) is 36.5 Å². The molecule has 0 unspecified atom stereocenters. The predicted molar refractivity (Wildman–Crippen MR) is 84.8 cm³/mol. The van der Waals surface area contributed by atoms with Crippen molar-refractivity contribution in [2.45, 2.75) is 25.3 Å². The molecule has 4 rings (SSSR count). The van der Waals surface area contributed by atoms with Crippen molar-refractivity contribution in [1.82, 2.24) is 9.99 Å². The highest BCUT2D eigenvalue weighted by molar-refractivity contribution is 5.93. The third-order valence-corrected chi connectivity index (χ3v) is 4.06. The topological polar surface area (TPSA) is 57.6 Å². The molecule has 1 aromatic carbocycles. The Morgan fingerprint density at radius 2 is 2.26 bits per heavy atom. The first-order valence-electron chi connectivity index (χ1n) is 7.55. The van der Waals surface area contributed by atoms with Crippen molar-refractivity contribution in [3.63, 3.8) is 0 Å². The molecular weight excluding hydrogens is 295 g/mol. The summed E-state index contributed by atoms with van der Waals surface area (Å²) < 4.78 is 14.2. The smallest absolute Gasteiger partial charge is 0.303 e. The highest BCUT2D eigenvalue weighted by atomic mass is 19.1. The van der Waals surface area contributed by atoms with E-state index in [1.165, 1.54) is 11.1 Å². The van der Waals surface area contributed by atoms with Gasteiger partial charge in [0.05, 0.1) is 18.4 Å². The van der Waals surface area contributed by atoms with E-state index in [4.69, 9.17) is 0 Å². The number of anilines is 1. The lowest BCUT2D eigenvalue weighted by molar-refractivity contribution is 0.209. The van der Waals surface area contributed by atoms with Crippen molar-refractivity contribution in [1.29, 1.82) is 0 Å². The van der Waals surface area contributed by atoms with Gasteiger partial charge >= 0.3 is 6.03 Å². The van der Waals surface area contributed by atoms with Crippen LogP contribution in [0.4, 0.5) is 14.9 Å². The van der Waals surface area contributed by atoms with Crippen LogP contribution in [-0.2, 0) is 6.54 Å². The van der Waals surface area contributed by atoms with Crippen LogP contribution in [0.15, 0.2) is 41.8 Å². The third-order valence-electron chi connectivity index (χ3n) is 4.06. The molecule has 2 amide bonds. The third kappa shape index (κ3) is 2.79. The SMILES string of the molecule is O=C1Nc2c(F)cc(C3CC3)cc2CN1N=Cc1cccnc1. The number of hydrazone groups is 1. The highest BCUT2D eigenvalue weighted by Gasteiger charge is 2.29. The van der Waals surface area contributed by atoms with Crippen molar-refractivity contribution < 1.29 is 9.18 Å². The molecule has 1 fully saturated rings. The zero-order valence-electron chi connectivity index (χ0n) is 12.4. The minimum atomic E-state index is -0.435. The van der Waals surface area contributed by atoms with E-state index in [0.29, 0.717) is 5.92 Å². The molecule has 1 aromatic heterocycles. The zero-order chi connectivity index (χ0) is 15.8. The largest absolute Gasteiger partial charge is 0.342 e. The van der Waals surface area contributed by atoms with Gasteiger partial charge in [0.15, 0.2) is 0 Å². The number of pyridine rings is 1. The van der Waals surface area contributed by atoms with E-state index in [-0.39, 0.29) is 18.0 Å². The van der Waals surface area contributed by atoms with Gasteiger partial charge in [-0.3, -0.25) is 4.98 Å². The number of aromatic nitrogens is 1. The number of halogens is 1. The maximum Gasteiger partial charge on any atom is 0.342 e. The molecule has 0 spiro atoms. The molecule has 0 radical (unpaired) electrons. The molecule has 5 nitrogen and oxygen atoms in total. The van der Waals surface area contributed by atoms with Gasteiger partial charge in [0, 0.05) is 23.5 Å². The van der Waals surface area contributed by atoms with Gasteiger partial charge in [-0.2, -0.15) is 5.10 Å². The fraction of sp³-hybridized carbons (Fsp3) is 0.235. The molecular formula is C17H15FN4O. The second kappa shape index (κ2) is 5.46. The number of amides is 2. The number of nitrogens with zero attached hydrogens (tertiary/aromatic N) is 3. The Morgan fingerprint density at radius 3 is 3.00 bits per heavy atom. The Bertz CT molecular complexity index is 787. The first kappa shape index (κ1) is 13.9. The molecule has 0 bridgehead atoms. The van der Waals surface area contributed by atoms with Crippen molar-refractivity contribution in [2.24, 2.45) is 5.10 Å². The molecule has 1 saturated carbocycles. The Hall–Kier alpha value is -2.76. The Kier molecular flexibility index (Phi) is 3.29. The van der Waals surface area contributed by atoms with E-state index in [0.717, 1.165) is 29.5 Å². The molecule has 2 heterocycles. The van der Waals surface area contributed by atoms with Crippen LogP contribution in [0.25, 0.3) is 0 Å². The molecule has 0 saturated heterocycles. The fourth-order valence-corrected chi connectivity index (χ4v) is 2.69. The summed E-state index contributed by atoms with van der Waals surface area (Å²) in [7, 11) is 0. The lowest BCUT2D eigenvalue weighted by Crippen LogP contribution is -2.35. The van der Waals surface area contributed by atoms with Crippen LogP contribution in [-0.4, -0.2) is 22.2 Å². The van der Waals surface area contributed by atoms with Gasteiger partial charge in [-0.1, -0.05) is 12.1 Å². The van der Waals surface area contributed by atoms with Crippen LogP contribution < -0.4 is 5.32 Å². The summed E-state index contributed by atoms with van der Waals surface area (Å²) >= 11 is 0. The Labute approximate surface area is 132 Å². The second-order valence-corrected chi connectivity index (χ2v) is 5.83. The molecule has 1 N–H and O–H groups in total. The Balaban J connectivity index is 1.60. The number of urea groups is 1. The van der Waals surface area contributed by atoms with Crippen LogP contribution in [0, 0.1) is 5.82 Å². The standard InChI is InChI=1S/C17H15FN4O/c18-15-7-13(12-3-4-12)6-14-10-22(17(23)21-16(14)15)20-9-11-2-1-5-19-8-11/h1-2,5-9,12H,3-4,10H2,(H,21,23). The molecule has 1 aliphatic heterocycles. The van der Waals surface area contributed by atoms with Gasteiger partial charge < -0.3 is 5.32 Å². The minimum absolute atomic E-state index is 0.259. The van der Waals surface area contributed by atoms with Crippen LogP contribution in [0.2, 0.25) is 0 Å². The van der Waals surface area contributed by atoms with Gasteiger partial charge in [-0.25, -0.2) is 14.2 Å². The van der Waals surface area contributed by atoms with E-state index < -0.39 is 6.03 Å². The minimum Gasteiger partial charge on any atom is -0.303 e. The van der Waals surface area contributed by atoms with Gasteiger partial charge in [0.25, 0.3) is 0 Å². The van der Waals surface area contributed by atoms with Crippen molar-refractivity contribution in [3.05, 3.63) is 59.2 Å². The van der Waals surface area contributed by atoms with Crippen LogP contribution in [0.3, 0.4) is 0 Å². The highest BCUT2D eigenvalue weighted by Crippen LogP contribution is 2.42. The first-order chi connectivity index (χ1) is 11.2. The van der Waals surface area contributed by atoms with Crippen LogP contribution in [0.1, 0.15) is 35.4 Å². The van der Waals surface area contributed by atoms with E-state index >= 15 is 0 Å². The average molecular weight is 310 g/mol. The van der Waals surface area contributed by atoms with Crippen molar-refractivity contribution >= 4 is 17.9 Å². The zero-order valence-corrected chi connectivity index (χ0v) is 12.4. The van der Waals surface area contributed by atoms with Crippen LogP contribution >= 0.6 is 0 Å². The normalized spacial score (nSPS) is 17.3. The number of carbonyl (C=O) groups excluding carboxylic acids is 1. The van der Waals surface area contributed by atoms with Crippen molar-refractivity contribution in [3.8, 4) is 0 Å². The number of nitrogens with one attached hydrogen (secondary N) is 1. The number of rotatable bonds is 3. The van der Waals surface area contributed by atoms with Gasteiger partial charge in [-0.15, -0.1) is 0 Å². The van der Waals surface area contributed by atoms with E-state index in [1.807, 2.05) is 12.1 Å². The monoisotopic (exact) mass is 310 g/mol. The second-order valence-electron chi connectivity index (χ2n) is 5.83. The average Bonchev–Trinajstić information content (AvgIpc) is 3.39. The summed E-state index contributed by atoms with van der Waals surface area (Å²) in [5.74, 6) is 0.0911. The molecule has 6 heteroatoms. The molecule has 1 aliphatic carbocycles. The summed E-state index contributed by atoms with van der Waals surface area (Å²) in [6.07, 6.45) is 7.10. The number of carbonyl (C=O) groups is 1. The Morgan fingerprint density at radius 1 is 1.39 bits per heavy atom. The fourth-order valence-electron chi connectivity index (χ4n) is 2.69. The lowest BCUT2D eigenvalue weighted by atomic mass is 10.0. The number of fused-ring (bicyclic) bond motifs is 1. The molecule has 0 atom stereocenters. The van der Waals surface area contributed by atoms with E-state index in [9.17, 15) is 9.18 Å². The first-order valence-corrected chi connectivity index (χ1v) is 7.55.